The zero-order valence-electron chi connectivity index (χ0n) is 14.0. The first-order valence-corrected chi connectivity index (χ1v) is 7.89. The fourth-order valence-corrected chi connectivity index (χ4v) is 3.24. The summed E-state index contributed by atoms with van der Waals surface area (Å²) in [5, 5.41) is 0. The van der Waals surface area contributed by atoms with Gasteiger partial charge >= 0.3 is 0 Å². The molecule has 3 heteroatoms. The molecule has 0 atom stereocenters. The predicted octanol–water partition coefficient (Wildman–Crippen LogP) is 3.90. The summed E-state index contributed by atoms with van der Waals surface area (Å²) < 4.78 is 4.35. The first kappa shape index (κ1) is 13.9. The van der Waals surface area contributed by atoms with E-state index in [-0.39, 0.29) is 0 Å². The molecule has 1 aromatic carbocycles. The average Bonchev–Trinajstić information content (AvgIpc) is 2.88. The molecule has 4 rings (SSSR count). The molecule has 0 spiro atoms. The molecule has 23 heavy (non-hydrogen) atoms. The van der Waals surface area contributed by atoms with Crippen LogP contribution >= 0.6 is 0 Å². The number of nitrogens with zero attached hydrogens (tertiary/aromatic N) is 3. The van der Waals surface area contributed by atoms with Crippen LogP contribution in [0.5, 0.6) is 0 Å². The van der Waals surface area contributed by atoms with Crippen LogP contribution in [-0.4, -0.2) is 9.38 Å². The minimum absolute atomic E-state index is 0.989. The Kier molecular flexibility index (Phi) is 2.98. The Bertz CT molecular complexity index is 1060. The Morgan fingerprint density at radius 3 is 2.61 bits per heavy atom. The first-order chi connectivity index (χ1) is 11.0. The molecule has 0 aliphatic carbocycles. The van der Waals surface area contributed by atoms with Gasteiger partial charge < -0.3 is 0 Å². The maximum atomic E-state index is 4.77. The lowest BCUT2D eigenvalue weighted by Crippen LogP contribution is -2.31. The molecule has 3 aromatic heterocycles. The van der Waals surface area contributed by atoms with Gasteiger partial charge in [-0.3, -0.25) is 4.40 Å². The lowest BCUT2D eigenvalue weighted by molar-refractivity contribution is -0.660. The van der Waals surface area contributed by atoms with Gasteiger partial charge in [0.15, 0.2) is 6.20 Å². The van der Waals surface area contributed by atoms with E-state index < -0.39 is 0 Å². The van der Waals surface area contributed by atoms with Gasteiger partial charge in [0.25, 0.3) is 0 Å². The molecule has 3 nitrogen and oxygen atoms in total. The second-order valence-electron chi connectivity index (χ2n) is 6.33. The van der Waals surface area contributed by atoms with Crippen LogP contribution in [0.3, 0.4) is 0 Å². The summed E-state index contributed by atoms with van der Waals surface area (Å²) in [6, 6.07) is 12.8. The van der Waals surface area contributed by atoms with Crippen molar-refractivity contribution in [2.45, 2.75) is 20.8 Å². The molecule has 114 valence electrons. The molecule has 0 aliphatic rings. The van der Waals surface area contributed by atoms with Crippen LogP contribution in [0.2, 0.25) is 0 Å². The van der Waals surface area contributed by atoms with E-state index in [1.807, 2.05) is 18.2 Å². The molecular formula is C20H20N3+. The van der Waals surface area contributed by atoms with Gasteiger partial charge in [-0.25, -0.2) is 9.55 Å². The molecule has 0 saturated carbocycles. The normalized spacial score (nSPS) is 11.5. The number of pyridine rings is 2. The van der Waals surface area contributed by atoms with Crippen molar-refractivity contribution in [2.75, 3.05) is 0 Å². The summed E-state index contributed by atoms with van der Waals surface area (Å²) in [6.07, 6.45) is 4.26. The van der Waals surface area contributed by atoms with Crippen LogP contribution in [0.25, 0.3) is 27.9 Å². The lowest BCUT2D eigenvalue weighted by atomic mass is 10.0. The Hall–Kier alpha value is -2.68. The fraction of sp³-hybridized carbons (Fsp3) is 0.200. The quantitative estimate of drug-likeness (QED) is 0.489. The second-order valence-corrected chi connectivity index (χ2v) is 6.33. The van der Waals surface area contributed by atoms with Gasteiger partial charge in [0, 0.05) is 17.8 Å². The van der Waals surface area contributed by atoms with Crippen LogP contribution < -0.4 is 4.57 Å². The third-order valence-electron chi connectivity index (χ3n) is 4.67. The smallest absolute Gasteiger partial charge is 0.212 e. The molecule has 0 saturated heterocycles. The monoisotopic (exact) mass is 302 g/mol. The number of aryl methyl sites for hydroxylation is 4. The fourth-order valence-electron chi connectivity index (χ4n) is 3.24. The first-order valence-electron chi connectivity index (χ1n) is 7.89. The Morgan fingerprint density at radius 2 is 1.78 bits per heavy atom. The molecule has 0 N–H and O–H groups in total. The molecule has 0 radical (unpaired) electrons. The molecule has 0 aliphatic heterocycles. The second kappa shape index (κ2) is 4.92. The summed E-state index contributed by atoms with van der Waals surface area (Å²) in [6.45, 7) is 6.49. The van der Waals surface area contributed by atoms with Gasteiger partial charge in [0.1, 0.15) is 12.7 Å². The van der Waals surface area contributed by atoms with Crippen molar-refractivity contribution in [3.8, 4) is 11.3 Å². The SMILES string of the molecule is Cc1cc(-c2cc3nc4ccccn4c3cc2C)[n+](C)cc1C. The molecule has 3 heterocycles. The van der Waals surface area contributed by atoms with E-state index in [4.69, 9.17) is 4.98 Å². The van der Waals surface area contributed by atoms with E-state index in [0.717, 1.165) is 16.7 Å². The summed E-state index contributed by atoms with van der Waals surface area (Å²) in [5.74, 6) is 0. The number of hydrogen-bond acceptors (Lipinski definition) is 1. The van der Waals surface area contributed by atoms with Gasteiger partial charge in [0.2, 0.25) is 5.69 Å². The van der Waals surface area contributed by atoms with Gasteiger partial charge in [-0.05, 0) is 56.2 Å². The van der Waals surface area contributed by atoms with Crippen molar-refractivity contribution in [3.05, 3.63) is 65.5 Å². The van der Waals surface area contributed by atoms with E-state index in [1.165, 1.54) is 27.9 Å². The van der Waals surface area contributed by atoms with E-state index >= 15 is 0 Å². The topological polar surface area (TPSA) is 21.2 Å². The van der Waals surface area contributed by atoms with Crippen molar-refractivity contribution >= 4 is 16.7 Å². The minimum Gasteiger partial charge on any atom is -0.300 e. The van der Waals surface area contributed by atoms with Gasteiger partial charge in [-0.15, -0.1) is 0 Å². The number of aromatic nitrogens is 3. The number of rotatable bonds is 1. The van der Waals surface area contributed by atoms with E-state index in [9.17, 15) is 0 Å². The van der Waals surface area contributed by atoms with E-state index in [2.05, 4.69) is 67.4 Å². The van der Waals surface area contributed by atoms with Gasteiger partial charge in [-0.1, -0.05) is 6.07 Å². The third kappa shape index (κ3) is 2.12. The van der Waals surface area contributed by atoms with Crippen LogP contribution in [0, 0.1) is 20.8 Å². The summed E-state index contributed by atoms with van der Waals surface area (Å²) >= 11 is 0. The van der Waals surface area contributed by atoms with Crippen LogP contribution in [0.1, 0.15) is 16.7 Å². The van der Waals surface area contributed by atoms with E-state index in [1.54, 1.807) is 0 Å². The standard InChI is InChI=1S/C20H20N3/c1-13-9-18(22(4)12-15(13)3)16-11-17-19(10-14(16)2)23-8-6-5-7-20(23)21-17/h5-12H,1-4H3/q+1. The largest absolute Gasteiger partial charge is 0.300 e. The zero-order valence-corrected chi connectivity index (χ0v) is 14.0. The van der Waals surface area contributed by atoms with Crippen LogP contribution in [0.15, 0.2) is 48.8 Å². The van der Waals surface area contributed by atoms with Crippen molar-refractivity contribution < 1.29 is 4.57 Å². The van der Waals surface area contributed by atoms with Crippen molar-refractivity contribution in [1.29, 1.82) is 0 Å². The summed E-state index contributed by atoms with van der Waals surface area (Å²) in [5.41, 5.74) is 9.54. The van der Waals surface area contributed by atoms with Crippen LogP contribution in [0.4, 0.5) is 0 Å². The maximum absolute atomic E-state index is 4.77. The van der Waals surface area contributed by atoms with Crippen molar-refractivity contribution in [1.82, 2.24) is 9.38 Å². The predicted molar refractivity (Wildman–Crippen MR) is 93.5 cm³/mol. The van der Waals surface area contributed by atoms with Crippen molar-refractivity contribution in [2.24, 2.45) is 7.05 Å². The Morgan fingerprint density at radius 1 is 0.957 bits per heavy atom. The summed E-state index contributed by atoms with van der Waals surface area (Å²) in [4.78, 5) is 4.77. The maximum Gasteiger partial charge on any atom is 0.212 e. The van der Waals surface area contributed by atoms with Gasteiger partial charge in [0.05, 0.1) is 16.6 Å². The zero-order chi connectivity index (χ0) is 16.1. The molecule has 0 bridgehead atoms. The number of benzene rings is 1. The highest BCUT2D eigenvalue weighted by Crippen LogP contribution is 2.27. The highest BCUT2D eigenvalue weighted by molar-refractivity contribution is 5.86. The van der Waals surface area contributed by atoms with Crippen LogP contribution in [-0.2, 0) is 7.05 Å². The average molecular weight is 302 g/mol. The third-order valence-corrected chi connectivity index (χ3v) is 4.67. The van der Waals surface area contributed by atoms with Gasteiger partial charge in [-0.2, -0.15) is 0 Å². The molecule has 0 amide bonds. The summed E-state index contributed by atoms with van der Waals surface area (Å²) in [7, 11) is 2.11. The van der Waals surface area contributed by atoms with Crippen molar-refractivity contribution in [3.63, 3.8) is 0 Å². The number of imidazole rings is 1. The number of hydrogen-bond donors (Lipinski definition) is 0. The Labute approximate surface area is 135 Å². The molecule has 4 aromatic rings. The molecule has 0 unspecified atom stereocenters. The molecule has 0 fully saturated rings. The number of fused-ring (bicyclic) bond motifs is 3. The Balaban J connectivity index is 2.03. The highest BCUT2D eigenvalue weighted by atomic mass is 15.0. The minimum atomic E-state index is 0.989. The van der Waals surface area contributed by atoms with E-state index in [0.29, 0.717) is 0 Å². The highest BCUT2D eigenvalue weighted by Gasteiger charge is 2.16. The lowest BCUT2D eigenvalue weighted by Gasteiger charge is -2.07. The molecular weight excluding hydrogens is 282 g/mol.